The lowest BCUT2D eigenvalue weighted by Crippen LogP contribution is -2.32. The fourth-order valence-electron chi connectivity index (χ4n) is 4.06. The van der Waals surface area contributed by atoms with Gasteiger partial charge in [-0.15, -0.1) is 0 Å². The van der Waals surface area contributed by atoms with Gasteiger partial charge in [-0.25, -0.2) is 10.00 Å². The summed E-state index contributed by atoms with van der Waals surface area (Å²) in [4.78, 5) is 13.7. The molecule has 1 amide bonds. The molecule has 3 heterocycles. The van der Waals surface area contributed by atoms with Crippen molar-refractivity contribution in [1.82, 2.24) is 20.0 Å². The summed E-state index contributed by atoms with van der Waals surface area (Å²) >= 11 is 0. The second kappa shape index (κ2) is 8.59. The minimum Gasteiger partial charge on any atom is -0.298 e. The molecule has 0 saturated heterocycles. The molecule has 1 aromatic carbocycles. The molecule has 0 saturated carbocycles. The van der Waals surface area contributed by atoms with Gasteiger partial charge in [0, 0.05) is 37.5 Å². The lowest BCUT2D eigenvalue weighted by Gasteiger charge is -2.29. The van der Waals surface area contributed by atoms with Crippen LogP contribution in [0.2, 0.25) is 0 Å². The maximum absolute atomic E-state index is 11.2. The van der Waals surface area contributed by atoms with Crippen LogP contribution in [-0.2, 0) is 30.6 Å². The van der Waals surface area contributed by atoms with Crippen molar-refractivity contribution in [1.29, 1.82) is 0 Å². The van der Waals surface area contributed by atoms with E-state index >= 15 is 0 Å². The third-order valence-corrected chi connectivity index (χ3v) is 5.60. The Morgan fingerprint density at radius 2 is 2.17 bits per heavy atom. The van der Waals surface area contributed by atoms with E-state index in [4.69, 9.17) is 10.3 Å². The van der Waals surface area contributed by atoms with E-state index in [1.165, 1.54) is 34.0 Å². The molecule has 6 nitrogen and oxygen atoms in total. The minimum absolute atomic E-state index is 0.524. The number of carbonyl (C=O) groups excluding carboxylic acids is 1. The zero-order valence-electron chi connectivity index (χ0n) is 16.6. The summed E-state index contributed by atoms with van der Waals surface area (Å²) in [5.74, 6) is -0.524. The highest BCUT2D eigenvalue weighted by atomic mass is 16.5. The number of pyridine rings is 1. The Morgan fingerprint density at radius 3 is 3.00 bits per heavy atom. The molecule has 0 aliphatic carbocycles. The van der Waals surface area contributed by atoms with Crippen LogP contribution in [0.3, 0.4) is 0 Å². The SMILES string of the molecule is CCc1nn2ccccc2c1CCN1CCc2ccc(/C=C/C(=O)NO)cc2C1. The summed E-state index contributed by atoms with van der Waals surface area (Å²) in [7, 11) is 0. The molecule has 0 spiro atoms. The molecule has 3 aromatic rings. The molecule has 2 aromatic heterocycles. The monoisotopic (exact) mass is 390 g/mol. The molecule has 4 rings (SSSR count). The summed E-state index contributed by atoms with van der Waals surface area (Å²) in [5.41, 5.74) is 8.99. The Kier molecular flexibility index (Phi) is 5.74. The van der Waals surface area contributed by atoms with Crippen molar-refractivity contribution in [2.24, 2.45) is 0 Å². The fraction of sp³-hybridized carbons (Fsp3) is 0.304. The van der Waals surface area contributed by atoms with Crippen LogP contribution in [0.15, 0.2) is 48.7 Å². The maximum atomic E-state index is 11.2. The molecule has 150 valence electrons. The second-order valence-corrected chi connectivity index (χ2v) is 7.42. The first-order valence-electron chi connectivity index (χ1n) is 10.1. The highest BCUT2D eigenvalue weighted by Crippen LogP contribution is 2.23. The number of carbonyl (C=O) groups is 1. The van der Waals surface area contributed by atoms with Crippen LogP contribution in [0, 0.1) is 0 Å². The molecule has 1 aliphatic rings. The molecule has 0 bridgehead atoms. The third-order valence-electron chi connectivity index (χ3n) is 5.60. The molecule has 0 fully saturated rings. The van der Waals surface area contributed by atoms with Crippen LogP contribution in [-0.4, -0.2) is 38.7 Å². The third kappa shape index (κ3) is 4.23. The van der Waals surface area contributed by atoms with E-state index in [0.29, 0.717) is 0 Å². The topological polar surface area (TPSA) is 69.9 Å². The molecular formula is C23H26N4O2. The quantitative estimate of drug-likeness (QED) is 0.386. The molecule has 29 heavy (non-hydrogen) atoms. The van der Waals surface area contributed by atoms with Gasteiger partial charge in [0.25, 0.3) is 5.91 Å². The predicted molar refractivity (Wildman–Crippen MR) is 113 cm³/mol. The number of nitrogens with one attached hydrogen (secondary N) is 1. The Balaban J connectivity index is 1.46. The van der Waals surface area contributed by atoms with Gasteiger partial charge in [-0.2, -0.15) is 5.10 Å². The molecule has 6 heteroatoms. The standard InChI is InChI=1S/C23H26N4O2/c1-2-21-20(22-5-3-4-12-27(22)24-21)11-14-26-13-10-18-8-6-17(15-19(18)16-26)7-9-23(28)25-29/h3-9,12,15,29H,2,10-11,13-14,16H2,1H3,(H,25,28)/b9-7+. The summed E-state index contributed by atoms with van der Waals surface area (Å²) in [6.07, 6.45) is 8.03. The van der Waals surface area contributed by atoms with E-state index in [2.05, 4.69) is 36.1 Å². The number of hydrogen-bond donors (Lipinski definition) is 2. The average Bonchev–Trinajstić information content (AvgIpc) is 3.13. The van der Waals surface area contributed by atoms with Crippen LogP contribution in [0.25, 0.3) is 11.6 Å². The maximum Gasteiger partial charge on any atom is 0.267 e. The van der Waals surface area contributed by atoms with Gasteiger partial charge in [0.2, 0.25) is 0 Å². The highest BCUT2D eigenvalue weighted by molar-refractivity contribution is 5.90. The van der Waals surface area contributed by atoms with Crippen molar-refractivity contribution in [3.8, 4) is 0 Å². The lowest BCUT2D eigenvalue weighted by atomic mass is 9.96. The summed E-state index contributed by atoms with van der Waals surface area (Å²) in [5, 5.41) is 13.3. The number of aryl methyl sites for hydroxylation is 1. The summed E-state index contributed by atoms with van der Waals surface area (Å²) < 4.78 is 1.99. The number of nitrogens with zero attached hydrogens (tertiary/aromatic N) is 3. The summed E-state index contributed by atoms with van der Waals surface area (Å²) in [6, 6.07) is 12.5. The van der Waals surface area contributed by atoms with Crippen LogP contribution < -0.4 is 5.48 Å². The van der Waals surface area contributed by atoms with Gasteiger partial charge < -0.3 is 0 Å². The van der Waals surface area contributed by atoms with Crippen molar-refractivity contribution < 1.29 is 10.0 Å². The highest BCUT2D eigenvalue weighted by Gasteiger charge is 2.18. The van der Waals surface area contributed by atoms with Crippen molar-refractivity contribution >= 4 is 17.5 Å². The van der Waals surface area contributed by atoms with Gasteiger partial charge in [0.15, 0.2) is 0 Å². The van der Waals surface area contributed by atoms with E-state index in [1.807, 2.05) is 22.8 Å². The zero-order valence-corrected chi connectivity index (χ0v) is 16.6. The fourth-order valence-corrected chi connectivity index (χ4v) is 4.06. The number of hydroxylamine groups is 1. The first-order valence-corrected chi connectivity index (χ1v) is 10.1. The first-order chi connectivity index (χ1) is 14.2. The number of benzene rings is 1. The van der Waals surface area contributed by atoms with Crippen LogP contribution in [0.1, 0.15) is 34.9 Å². The van der Waals surface area contributed by atoms with Gasteiger partial charge in [0.1, 0.15) is 0 Å². The Labute approximate surface area is 170 Å². The van der Waals surface area contributed by atoms with Crippen LogP contribution in [0.4, 0.5) is 0 Å². The zero-order chi connectivity index (χ0) is 20.2. The number of fused-ring (bicyclic) bond motifs is 2. The van der Waals surface area contributed by atoms with E-state index in [9.17, 15) is 4.79 Å². The van der Waals surface area contributed by atoms with Crippen LogP contribution >= 0.6 is 0 Å². The smallest absolute Gasteiger partial charge is 0.267 e. The van der Waals surface area contributed by atoms with Gasteiger partial charge in [-0.05, 0) is 54.2 Å². The van der Waals surface area contributed by atoms with Gasteiger partial charge in [-0.3, -0.25) is 14.9 Å². The Bertz CT molecular complexity index is 1050. The predicted octanol–water partition coefficient (Wildman–Crippen LogP) is 3.02. The van der Waals surface area contributed by atoms with Gasteiger partial charge >= 0.3 is 0 Å². The van der Waals surface area contributed by atoms with Gasteiger partial charge in [-0.1, -0.05) is 31.2 Å². The van der Waals surface area contributed by atoms with Gasteiger partial charge in [0.05, 0.1) is 11.2 Å². The number of aromatic nitrogens is 2. The Morgan fingerprint density at radius 1 is 1.28 bits per heavy atom. The van der Waals surface area contributed by atoms with Crippen molar-refractivity contribution in [3.05, 3.63) is 76.6 Å². The molecule has 0 atom stereocenters. The minimum atomic E-state index is -0.524. The molecule has 2 N–H and O–H groups in total. The number of amides is 1. The second-order valence-electron chi connectivity index (χ2n) is 7.42. The lowest BCUT2D eigenvalue weighted by molar-refractivity contribution is -0.124. The van der Waals surface area contributed by atoms with E-state index in [0.717, 1.165) is 44.5 Å². The normalized spacial score (nSPS) is 14.4. The molecule has 0 radical (unpaired) electrons. The van der Waals surface area contributed by atoms with E-state index in [1.54, 1.807) is 11.6 Å². The summed E-state index contributed by atoms with van der Waals surface area (Å²) in [6.45, 7) is 5.11. The van der Waals surface area contributed by atoms with Crippen LogP contribution in [0.5, 0.6) is 0 Å². The first kappa shape index (κ1) is 19.4. The average molecular weight is 390 g/mol. The largest absolute Gasteiger partial charge is 0.298 e. The molecule has 1 aliphatic heterocycles. The van der Waals surface area contributed by atoms with E-state index in [-0.39, 0.29) is 0 Å². The van der Waals surface area contributed by atoms with E-state index < -0.39 is 5.91 Å². The van der Waals surface area contributed by atoms with Crippen molar-refractivity contribution in [3.63, 3.8) is 0 Å². The number of rotatable bonds is 6. The number of hydrogen-bond acceptors (Lipinski definition) is 4. The molecular weight excluding hydrogens is 364 g/mol. The van der Waals surface area contributed by atoms with Crippen molar-refractivity contribution in [2.45, 2.75) is 32.7 Å². The van der Waals surface area contributed by atoms with Crippen molar-refractivity contribution in [2.75, 3.05) is 13.1 Å². The molecule has 0 unspecified atom stereocenters. The Hall–Kier alpha value is -2.96.